The van der Waals surface area contributed by atoms with Gasteiger partial charge in [-0.2, -0.15) is 15.0 Å². The average molecular weight is 294 g/mol. The maximum Gasteiger partial charge on any atom is 0.231 e. The molecule has 1 aromatic rings. The monoisotopic (exact) mass is 294 g/mol. The number of rotatable bonds is 9. The Morgan fingerprint density at radius 2 is 1.67 bits per heavy atom. The van der Waals surface area contributed by atoms with Gasteiger partial charge in [-0.1, -0.05) is 26.7 Å². The zero-order valence-electron chi connectivity index (χ0n) is 14.3. The maximum absolute atomic E-state index is 4.45. The molecule has 0 aliphatic rings. The SMILES string of the molecule is CCNc1nc(NC(C)CCCC(C)C)nc(N(C)C)n1. The Morgan fingerprint density at radius 3 is 2.24 bits per heavy atom. The molecular formula is C15H30N6. The number of anilines is 3. The highest BCUT2D eigenvalue weighted by molar-refractivity contribution is 5.43. The van der Waals surface area contributed by atoms with Crippen LogP contribution in [0.5, 0.6) is 0 Å². The van der Waals surface area contributed by atoms with Crippen molar-refractivity contribution in [1.29, 1.82) is 0 Å². The van der Waals surface area contributed by atoms with Crippen LogP contribution in [0.2, 0.25) is 0 Å². The third-order valence-electron chi connectivity index (χ3n) is 3.15. The highest BCUT2D eigenvalue weighted by Crippen LogP contribution is 2.14. The predicted molar refractivity (Wildman–Crippen MR) is 90.1 cm³/mol. The summed E-state index contributed by atoms with van der Waals surface area (Å²) in [5.74, 6) is 2.68. The highest BCUT2D eigenvalue weighted by Gasteiger charge is 2.10. The molecule has 0 amide bonds. The van der Waals surface area contributed by atoms with Crippen molar-refractivity contribution < 1.29 is 0 Å². The molecule has 6 nitrogen and oxygen atoms in total. The van der Waals surface area contributed by atoms with Gasteiger partial charge in [0.2, 0.25) is 17.8 Å². The summed E-state index contributed by atoms with van der Waals surface area (Å²) < 4.78 is 0. The molecule has 0 saturated heterocycles. The fraction of sp³-hybridized carbons (Fsp3) is 0.800. The smallest absolute Gasteiger partial charge is 0.231 e. The Balaban J connectivity index is 2.67. The van der Waals surface area contributed by atoms with Crippen LogP contribution >= 0.6 is 0 Å². The zero-order chi connectivity index (χ0) is 15.8. The lowest BCUT2D eigenvalue weighted by Crippen LogP contribution is -2.21. The van der Waals surface area contributed by atoms with E-state index in [4.69, 9.17) is 0 Å². The van der Waals surface area contributed by atoms with Crippen molar-refractivity contribution in [3.8, 4) is 0 Å². The van der Waals surface area contributed by atoms with Gasteiger partial charge in [-0.3, -0.25) is 0 Å². The molecule has 0 aliphatic carbocycles. The molecular weight excluding hydrogens is 264 g/mol. The van der Waals surface area contributed by atoms with Crippen LogP contribution in [0, 0.1) is 5.92 Å². The molecule has 0 spiro atoms. The van der Waals surface area contributed by atoms with E-state index < -0.39 is 0 Å². The van der Waals surface area contributed by atoms with Gasteiger partial charge in [0.1, 0.15) is 0 Å². The van der Waals surface area contributed by atoms with Gasteiger partial charge < -0.3 is 15.5 Å². The molecule has 0 saturated carbocycles. The summed E-state index contributed by atoms with van der Waals surface area (Å²) in [5.41, 5.74) is 0. The summed E-state index contributed by atoms with van der Waals surface area (Å²) in [6.45, 7) is 9.51. The standard InChI is InChI=1S/C15H30N6/c1-7-16-13-18-14(20-15(19-13)21(5)6)17-12(4)10-8-9-11(2)3/h11-12H,7-10H2,1-6H3,(H2,16,17,18,19,20). The van der Waals surface area contributed by atoms with Crippen molar-refractivity contribution in [1.82, 2.24) is 15.0 Å². The fourth-order valence-electron chi connectivity index (χ4n) is 1.99. The second kappa shape index (κ2) is 8.64. The predicted octanol–water partition coefficient (Wildman–Crippen LogP) is 3.00. The molecule has 1 atom stereocenters. The summed E-state index contributed by atoms with van der Waals surface area (Å²) in [5, 5.41) is 6.53. The lowest BCUT2D eigenvalue weighted by molar-refractivity contribution is 0.519. The van der Waals surface area contributed by atoms with E-state index in [2.05, 4.69) is 46.4 Å². The van der Waals surface area contributed by atoms with Crippen molar-refractivity contribution in [3.63, 3.8) is 0 Å². The highest BCUT2D eigenvalue weighted by atomic mass is 15.3. The fourth-order valence-corrected chi connectivity index (χ4v) is 1.99. The Morgan fingerprint density at radius 1 is 1.00 bits per heavy atom. The Kier molecular flexibility index (Phi) is 7.19. The molecule has 1 rings (SSSR count). The number of nitrogens with one attached hydrogen (secondary N) is 2. The average Bonchev–Trinajstić information content (AvgIpc) is 2.38. The van der Waals surface area contributed by atoms with Gasteiger partial charge in [-0.15, -0.1) is 0 Å². The Labute approximate surface area is 128 Å². The van der Waals surface area contributed by atoms with Gasteiger partial charge in [0.25, 0.3) is 0 Å². The van der Waals surface area contributed by atoms with Crippen LogP contribution in [-0.2, 0) is 0 Å². The number of hydrogen-bond acceptors (Lipinski definition) is 6. The van der Waals surface area contributed by atoms with E-state index in [9.17, 15) is 0 Å². The van der Waals surface area contributed by atoms with Crippen LogP contribution in [0.4, 0.5) is 17.8 Å². The minimum Gasteiger partial charge on any atom is -0.354 e. The van der Waals surface area contributed by atoms with Crippen molar-refractivity contribution >= 4 is 17.8 Å². The molecule has 0 radical (unpaired) electrons. The van der Waals surface area contributed by atoms with Gasteiger partial charge in [-0.25, -0.2) is 0 Å². The number of hydrogen-bond donors (Lipinski definition) is 2. The van der Waals surface area contributed by atoms with E-state index >= 15 is 0 Å². The summed E-state index contributed by atoms with van der Waals surface area (Å²) in [7, 11) is 3.86. The first-order chi connectivity index (χ1) is 9.92. The third-order valence-corrected chi connectivity index (χ3v) is 3.15. The lowest BCUT2D eigenvalue weighted by atomic mass is 10.0. The molecule has 0 aliphatic heterocycles. The van der Waals surface area contributed by atoms with E-state index in [0.29, 0.717) is 23.9 Å². The molecule has 120 valence electrons. The summed E-state index contributed by atoms with van der Waals surface area (Å²) in [6.07, 6.45) is 3.60. The summed E-state index contributed by atoms with van der Waals surface area (Å²) in [6, 6.07) is 0.357. The van der Waals surface area contributed by atoms with Gasteiger partial charge in [0, 0.05) is 26.7 Å². The van der Waals surface area contributed by atoms with Crippen molar-refractivity contribution in [2.24, 2.45) is 5.92 Å². The zero-order valence-corrected chi connectivity index (χ0v) is 14.3. The largest absolute Gasteiger partial charge is 0.354 e. The molecule has 0 bridgehead atoms. The van der Waals surface area contributed by atoms with E-state index in [1.807, 2.05) is 25.9 Å². The van der Waals surface area contributed by atoms with Crippen molar-refractivity contribution in [2.45, 2.75) is 53.0 Å². The van der Waals surface area contributed by atoms with Crippen molar-refractivity contribution in [2.75, 3.05) is 36.2 Å². The Bertz CT molecular complexity index is 419. The molecule has 1 heterocycles. The van der Waals surface area contributed by atoms with Gasteiger partial charge in [0.05, 0.1) is 0 Å². The maximum atomic E-state index is 4.45. The summed E-state index contributed by atoms with van der Waals surface area (Å²) >= 11 is 0. The molecule has 0 aromatic carbocycles. The first kappa shape index (κ1) is 17.5. The first-order valence-corrected chi connectivity index (χ1v) is 7.86. The van der Waals surface area contributed by atoms with Gasteiger partial charge >= 0.3 is 0 Å². The number of aromatic nitrogens is 3. The topological polar surface area (TPSA) is 66.0 Å². The van der Waals surface area contributed by atoms with Crippen LogP contribution in [-0.4, -0.2) is 41.6 Å². The van der Waals surface area contributed by atoms with Crippen LogP contribution in [0.1, 0.15) is 47.0 Å². The molecule has 0 fully saturated rings. The third kappa shape index (κ3) is 6.60. The van der Waals surface area contributed by atoms with E-state index in [-0.39, 0.29) is 0 Å². The minimum atomic E-state index is 0.357. The molecule has 2 N–H and O–H groups in total. The Hall–Kier alpha value is -1.59. The second-order valence-electron chi connectivity index (χ2n) is 6.08. The van der Waals surface area contributed by atoms with Crippen LogP contribution < -0.4 is 15.5 Å². The normalized spacial score (nSPS) is 12.3. The molecule has 1 unspecified atom stereocenters. The van der Waals surface area contributed by atoms with Crippen LogP contribution in [0.3, 0.4) is 0 Å². The van der Waals surface area contributed by atoms with Crippen molar-refractivity contribution in [3.05, 3.63) is 0 Å². The van der Waals surface area contributed by atoms with E-state index in [1.54, 1.807) is 0 Å². The minimum absolute atomic E-state index is 0.357. The van der Waals surface area contributed by atoms with E-state index in [1.165, 1.54) is 12.8 Å². The van der Waals surface area contributed by atoms with Gasteiger partial charge in [-0.05, 0) is 26.2 Å². The number of nitrogens with zero attached hydrogens (tertiary/aromatic N) is 4. The summed E-state index contributed by atoms with van der Waals surface area (Å²) in [4.78, 5) is 15.1. The first-order valence-electron chi connectivity index (χ1n) is 7.86. The molecule has 1 aromatic heterocycles. The quantitative estimate of drug-likeness (QED) is 0.730. The van der Waals surface area contributed by atoms with Crippen LogP contribution in [0.15, 0.2) is 0 Å². The van der Waals surface area contributed by atoms with Crippen LogP contribution in [0.25, 0.3) is 0 Å². The van der Waals surface area contributed by atoms with Gasteiger partial charge in [0.15, 0.2) is 0 Å². The lowest BCUT2D eigenvalue weighted by Gasteiger charge is -2.17. The van der Waals surface area contributed by atoms with E-state index in [0.717, 1.165) is 18.9 Å². The molecule has 6 heteroatoms. The second-order valence-corrected chi connectivity index (χ2v) is 6.08. The molecule has 21 heavy (non-hydrogen) atoms.